The molecule has 2 N–H and O–H groups in total. The monoisotopic (exact) mass is 301 g/mol. The van der Waals surface area contributed by atoms with Gasteiger partial charge in [0, 0.05) is 0 Å². The maximum absolute atomic E-state index is 13.5. The Balaban J connectivity index is 2.38. The van der Waals surface area contributed by atoms with E-state index in [0.29, 0.717) is 11.0 Å². The van der Waals surface area contributed by atoms with Gasteiger partial charge < -0.3 is 10.4 Å². The topological polar surface area (TPSA) is 76.4 Å². The first-order valence-electron chi connectivity index (χ1n) is 5.51. The number of anilines is 1. The number of hydrogen-bond acceptors (Lipinski definition) is 3. The van der Waals surface area contributed by atoms with Gasteiger partial charge in [0.05, 0.1) is 11.3 Å². The number of aliphatic hydroxyl groups excluding tert-OH is 1. The molecule has 1 aromatic carbocycles. The zero-order chi connectivity index (χ0) is 15.8. The number of carbonyl (C=O) groups excluding carboxylic acids is 1. The predicted octanol–water partition coefficient (Wildman–Crippen LogP) is 1.99. The molecule has 110 valence electrons. The molecule has 1 heterocycles. The third-order valence-electron chi connectivity index (χ3n) is 2.70. The lowest BCUT2D eigenvalue weighted by atomic mass is 10.1. The van der Waals surface area contributed by atoms with E-state index in [1.807, 2.05) is 0 Å². The first-order chi connectivity index (χ1) is 9.74. The Morgan fingerprint density at radius 1 is 1.38 bits per heavy atom. The fourth-order valence-electron chi connectivity index (χ4n) is 1.74. The van der Waals surface area contributed by atoms with Crippen LogP contribution in [0.2, 0.25) is 0 Å². The second-order valence-corrected chi connectivity index (χ2v) is 4.07. The summed E-state index contributed by atoms with van der Waals surface area (Å²) in [5, 5.41) is 19.8. The van der Waals surface area contributed by atoms with Crippen molar-refractivity contribution in [3.05, 3.63) is 41.4 Å². The van der Waals surface area contributed by atoms with E-state index in [2.05, 4.69) is 0 Å². The Bertz CT molecular complexity index is 663. The van der Waals surface area contributed by atoms with Crippen molar-refractivity contribution >= 4 is 11.7 Å². The first kappa shape index (κ1) is 14.8. The van der Waals surface area contributed by atoms with Gasteiger partial charge in [0.2, 0.25) is 0 Å². The van der Waals surface area contributed by atoms with E-state index in [0.717, 1.165) is 18.2 Å². The molecule has 5 nitrogen and oxygen atoms in total. The van der Waals surface area contributed by atoms with Crippen LogP contribution in [0.1, 0.15) is 5.56 Å². The lowest BCUT2D eigenvalue weighted by Gasteiger charge is -2.32. The van der Waals surface area contributed by atoms with Gasteiger partial charge in [0.15, 0.2) is 6.23 Å². The number of nitrogens with one attached hydrogen (secondary N) is 1. The number of rotatable bonds is 1. The third-order valence-corrected chi connectivity index (χ3v) is 2.70. The summed E-state index contributed by atoms with van der Waals surface area (Å²) in [6.07, 6.45) is -6.35. The highest BCUT2D eigenvalue weighted by molar-refractivity contribution is 5.95. The van der Waals surface area contributed by atoms with Crippen molar-refractivity contribution < 1.29 is 27.5 Å². The number of halogens is 4. The average molecular weight is 301 g/mol. The molecular formula is C12H7F4N3O2. The molecule has 9 heteroatoms. The van der Waals surface area contributed by atoms with Crippen LogP contribution in [0.15, 0.2) is 30.0 Å². The lowest BCUT2D eigenvalue weighted by Crippen LogP contribution is -2.52. The van der Waals surface area contributed by atoms with E-state index in [1.54, 1.807) is 11.4 Å². The van der Waals surface area contributed by atoms with Gasteiger partial charge in [-0.25, -0.2) is 9.18 Å². The Labute approximate surface area is 115 Å². The maximum Gasteiger partial charge on any atom is 0.431 e. The summed E-state index contributed by atoms with van der Waals surface area (Å²) < 4.78 is 50.9. The van der Waals surface area contributed by atoms with Gasteiger partial charge in [-0.3, -0.25) is 4.90 Å². The molecule has 1 aliphatic rings. The molecule has 1 unspecified atom stereocenters. The molecule has 2 rings (SSSR count). The highest BCUT2D eigenvalue weighted by Gasteiger charge is 2.41. The van der Waals surface area contributed by atoms with Crippen molar-refractivity contribution in [3.8, 4) is 6.07 Å². The number of nitriles is 1. The van der Waals surface area contributed by atoms with Gasteiger partial charge in [0.1, 0.15) is 17.6 Å². The largest absolute Gasteiger partial charge is 0.431 e. The summed E-state index contributed by atoms with van der Waals surface area (Å²) in [4.78, 5) is 12.2. The standard InChI is InChI=1S/C12H7F4N3O2/c13-8-3-7(2-1-6(8)5-17)19-10(20)4-9(12(14,15)16)18-11(19)21/h1-4,10,20H,(H,18,21). The quantitative estimate of drug-likeness (QED) is 0.779. The number of carbonyl (C=O) groups is 1. The van der Waals surface area contributed by atoms with E-state index in [-0.39, 0.29) is 11.3 Å². The number of nitrogens with zero attached hydrogens (tertiary/aromatic N) is 2. The van der Waals surface area contributed by atoms with Gasteiger partial charge in [-0.2, -0.15) is 18.4 Å². The van der Waals surface area contributed by atoms with Crippen LogP contribution in [-0.2, 0) is 0 Å². The second kappa shape index (κ2) is 5.06. The molecule has 0 radical (unpaired) electrons. The molecule has 0 saturated carbocycles. The number of alkyl halides is 3. The van der Waals surface area contributed by atoms with Crippen LogP contribution >= 0.6 is 0 Å². The third kappa shape index (κ3) is 2.80. The Morgan fingerprint density at radius 2 is 2.05 bits per heavy atom. The van der Waals surface area contributed by atoms with E-state index in [9.17, 15) is 27.5 Å². The predicted molar refractivity (Wildman–Crippen MR) is 62.3 cm³/mol. The summed E-state index contributed by atoms with van der Waals surface area (Å²) in [5.41, 5.74) is -1.88. The minimum Gasteiger partial charge on any atom is -0.369 e. The normalized spacial score (nSPS) is 18.9. The summed E-state index contributed by atoms with van der Waals surface area (Å²) in [7, 11) is 0. The molecule has 0 aliphatic carbocycles. The van der Waals surface area contributed by atoms with Crippen LogP contribution in [0.3, 0.4) is 0 Å². The molecule has 21 heavy (non-hydrogen) atoms. The number of benzene rings is 1. The van der Waals surface area contributed by atoms with Gasteiger partial charge in [-0.15, -0.1) is 0 Å². The number of urea groups is 1. The SMILES string of the molecule is N#Cc1ccc(N2C(=O)NC(C(F)(F)F)=CC2O)cc1F. The molecule has 0 fully saturated rings. The second-order valence-electron chi connectivity index (χ2n) is 4.07. The van der Waals surface area contributed by atoms with Gasteiger partial charge in [-0.05, 0) is 24.3 Å². The highest BCUT2D eigenvalue weighted by atomic mass is 19.4. The minimum absolute atomic E-state index is 0.186. The molecular weight excluding hydrogens is 294 g/mol. The zero-order valence-corrected chi connectivity index (χ0v) is 10.1. The molecule has 0 aromatic heterocycles. The Kier molecular flexibility index (Phi) is 3.57. The Hall–Kier alpha value is -2.60. The van der Waals surface area contributed by atoms with E-state index >= 15 is 0 Å². The van der Waals surface area contributed by atoms with Crippen molar-refractivity contribution in [2.45, 2.75) is 12.4 Å². The minimum atomic E-state index is -4.82. The van der Waals surface area contributed by atoms with E-state index in [1.165, 1.54) is 0 Å². The van der Waals surface area contributed by atoms with Crippen molar-refractivity contribution in [3.63, 3.8) is 0 Å². The smallest absolute Gasteiger partial charge is 0.369 e. The summed E-state index contributed by atoms with van der Waals surface area (Å²) >= 11 is 0. The molecule has 0 spiro atoms. The zero-order valence-electron chi connectivity index (χ0n) is 10.1. The van der Waals surface area contributed by atoms with Crippen molar-refractivity contribution in [2.24, 2.45) is 0 Å². The fraction of sp³-hybridized carbons (Fsp3) is 0.167. The molecule has 2 amide bonds. The lowest BCUT2D eigenvalue weighted by molar-refractivity contribution is -0.0970. The number of allylic oxidation sites excluding steroid dienone is 1. The number of hydrogen-bond donors (Lipinski definition) is 2. The Morgan fingerprint density at radius 3 is 2.52 bits per heavy atom. The van der Waals surface area contributed by atoms with Crippen LogP contribution in [0, 0.1) is 17.1 Å². The molecule has 0 bridgehead atoms. The first-order valence-corrected chi connectivity index (χ1v) is 5.51. The highest BCUT2D eigenvalue weighted by Crippen LogP contribution is 2.29. The van der Waals surface area contributed by atoms with Gasteiger partial charge >= 0.3 is 12.2 Å². The summed E-state index contributed by atoms with van der Waals surface area (Å²) in [6.45, 7) is 0. The van der Waals surface area contributed by atoms with E-state index in [4.69, 9.17) is 5.26 Å². The number of amides is 2. The molecule has 1 aliphatic heterocycles. The molecule has 0 saturated heterocycles. The summed E-state index contributed by atoms with van der Waals surface area (Å²) in [6, 6.07) is 3.25. The van der Waals surface area contributed by atoms with Crippen LogP contribution < -0.4 is 10.2 Å². The molecule has 1 aromatic rings. The fourth-order valence-corrected chi connectivity index (χ4v) is 1.74. The van der Waals surface area contributed by atoms with Crippen LogP contribution in [0.25, 0.3) is 0 Å². The number of aliphatic hydroxyl groups is 1. The van der Waals surface area contributed by atoms with Crippen LogP contribution in [0.5, 0.6) is 0 Å². The van der Waals surface area contributed by atoms with Crippen molar-refractivity contribution in [2.75, 3.05) is 4.90 Å². The summed E-state index contributed by atoms with van der Waals surface area (Å²) in [5.74, 6) is -0.958. The molecule has 1 atom stereocenters. The van der Waals surface area contributed by atoms with Crippen molar-refractivity contribution in [1.29, 1.82) is 5.26 Å². The average Bonchev–Trinajstić information content (AvgIpc) is 2.37. The van der Waals surface area contributed by atoms with Crippen LogP contribution in [-0.4, -0.2) is 23.5 Å². The van der Waals surface area contributed by atoms with Gasteiger partial charge in [-0.1, -0.05) is 0 Å². The maximum atomic E-state index is 13.5. The van der Waals surface area contributed by atoms with Crippen molar-refractivity contribution in [1.82, 2.24) is 5.32 Å². The van der Waals surface area contributed by atoms with Gasteiger partial charge in [0.25, 0.3) is 0 Å². The van der Waals surface area contributed by atoms with E-state index < -0.39 is 29.9 Å². The van der Waals surface area contributed by atoms with Crippen LogP contribution in [0.4, 0.5) is 28.0 Å².